The van der Waals surface area contributed by atoms with Gasteiger partial charge in [0.15, 0.2) is 5.69 Å². The zero-order valence-corrected chi connectivity index (χ0v) is 25.3. The lowest BCUT2D eigenvalue weighted by molar-refractivity contribution is 0.0691. The smallest absolute Gasteiger partial charge is 0.355 e. The molecule has 1 aliphatic rings. The molecule has 0 aliphatic heterocycles. The molecule has 5 aromatic rings. The van der Waals surface area contributed by atoms with Crippen LogP contribution in [0.25, 0.3) is 27.5 Å². The molecule has 0 amide bonds. The Morgan fingerprint density at radius 3 is 2.42 bits per heavy atom. The topological polar surface area (TPSA) is 111 Å². The number of thiol groups is 1. The van der Waals surface area contributed by atoms with E-state index in [1.807, 2.05) is 31.2 Å². The Labute approximate surface area is 252 Å². The van der Waals surface area contributed by atoms with Crippen molar-refractivity contribution in [3.05, 3.63) is 106 Å². The zero-order valence-electron chi connectivity index (χ0n) is 23.6. The van der Waals surface area contributed by atoms with Crippen LogP contribution < -0.4 is 5.14 Å². The maximum atomic E-state index is 15.1. The maximum absolute atomic E-state index is 15.1. The number of thiazole rings is 1. The molecule has 1 saturated carbocycles. The van der Waals surface area contributed by atoms with E-state index in [1.54, 1.807) is 22.9 Å². The first-order valence-corrected chi connectivity index (χ1v) is 16.9. The average molecular weight is 621 g/mol. The highest BCUT2D eigenvalue weighted by Gasteiger charge is 2.30. The van der Waals surface area contributed by atoms with E-state index in [9.17, 15) is 14.1 Å². The summed E-state index contributed by atoms with van der Waals surface area (Å²) in [5.74, 6) is -1.72. The van der Waals surface area contributed by atoms with Crippen LogP contribution in [0.5, 0.6) is 0 Å². The molecule has 3 N–H and O–H groups in total. The maximum Gasteiger partial charge on any atom is 0.355 e. The number of carboxylic acid groups (broad SMARTS) is 1. The van der Waals surface area contributed by atoms with Crippen molar-refractivity contribution < 1.29 is 22.9 Å². The van der Waals surface area contributed by atoms with E-state index in [4.69, 9.17) is 10.2 Å². The van der Waals surface area contributed by atoms with E-state index in [0.29, 0.717) is 39.9 Å². The molecule has 0 unspecified atom stereocenters. The van der Waals surface area contributed by atoms with Gasteiger partial charge in [0.05, 0.1) is 16.3 Å². The highest BCUT2D eigenvalue weighted by atomic mass is 32.3. The van der Waals surface area contributed by atoms with Gasteiger partial charge in [0.1, 0.15) is 11.6 Å². The fourth-order valence-electron chi connectivity index (χ4n) is 5.18. The van der Waals surface area contributed by atoms with Gasteiger partial charge in [0.2, 0.25) is 5.13 Å². The molecular weight excluding hydrogens is 591 g/mol. The zero-order chi connectivity index (χ0) is 30.5. The number of aromatic nitrogens is 3. The summed E-state index contributed by atoms with van der Waals surface area (Å²) in [5.41, 5.74) is 5.62. The van der Waals surface area contributed by atoms with Gasteiger partial charge in [0, 0.05) is 34.7 Å². The highest BCUT2D eigenvalue weighted by Crippen LogP contribution is 2.39. The predicted octanol–water partition coefficient (Wildman–Crippen LogP) is 6.37. The van der Waals surface area contributed by atoms with Crippen LogP contribution >= 0.6 is 11.3 Å². The van der Waals surface area contributed by atoms with Crippen molar-refractivity contribution in [2.45, 2.75) is 37.5 Å². The number of rotatable bonds is 9. The monoisotopic (exact) mass is 620 g/mol. The number of nitrogens with zero attached hydrogens (tertiary/aromatic N) is 3. The summed E-state index contributed by atoms with van der Waals surface area (Å²) in [7, 11) is -3.30. The van der Waals surface area contributed by atoms with E-state index >= 15 is 8.78 Å². The molecule has 1 aliphatic carbocycles. The van der Waals surface area contributed by atoms with Crippen molar-refractivity contribution in [1.82, 2.24) is 14.8 Å². The molecule has 2 heterocycles. The summed E-state index contributed by atoms with van der Waals surface area (Å²) < 4.78 is 44.3. The van der Waals surface area contributed by atoms with Gasteiger partial charge in [-0.25, -0.2) is 23.2 Å². The summed E-state index contributed by atoms with van der Waals surface area (Å²) in [6.07, 6.45) is 4.38. The molecule has 7 nitrogen and oxygen atoms in total. The minimum Gasteiger partial charge on any atom is -0.476 e. The number of halogens is 2. The van der Waals surface area contributed by atoms with Gasteiger partial charge in [-0.1, -0.05) is 35.9 Å². The summed E-state index contributed by atoms with van der Waals surface area (Å²) >= 11 is 1.17. The number of nitrogens with two attached hydrogens (primary N) is 1. The summed E-state index contributed by atoms with van der Waals surface area (Å²) in [6.45, 7) is 1.97. The summed E-state index contributed by atoms with van der Waals surface area (Å²) in [6, 6.07) is 16.9. The van der Waals surface area contributed by atoms with Gasteiger partial charge in [-0.15, -0.1) is 11.3 Å². The first kappa shape index (κ1) is 29.0. The molecular formula is C32H30F2N4O3S2. The Kier molecular flexibility index (Phi) is 7.57. The van der Waals surface area contributed by atoms with E-state index in [2.05, 4.69) is 4.98 Å². The Hall–Kier alpha value is -4.06. The molecule has 0 saturated heterocycles. The second kappa shape index (κ2) is 11.2. The lowest BCUT2D eigenvalue weighted by Crippen LogP contribution is -2.22. The SMILES string of the molecule is Cc1ccc(-c2cc(-c3nn(-c4nc(C(=O)O)cs4)c(CC4CC4)c3Cc3ccc([SH](C)(N)=O)c(F)c3)ccc2F)cc1. The standard InChI is InChI=1S/C32H30F2N4O3S2/c1-18-3-8-21(9-4-18)23-16-22(10-11-25(23)33)30-24(13-20-7-12-29(26(34)14-20)43(2,35)41)28(15-19-5-6-19)38(37-30)32-36-27(17-42-32)31(39)40/h3-4,7-12,14,16-17,19,43H,5-6,13,15H2,1-2H3,(H2,35,41)(H,39,40). The fraction of sp³-hybridized carbons (Fsp3) is 0.219. The first-order chi connectivity index (χ1) is 20.5. The van der Waals surface area contributed by atoms with Crippen LogP contribution in [0, 0.1) is 24.5 Å². The molecule has 0 radical (unpaired) electrons. The molecule has 6 rings (SSSR count). The highest BCUT2D eigenvalue weighted by molar-refractivity contribution is 8.00. The lowest BCUT2D eigenvalue weighted by atomic mass is 9.94. The third-order valence-corrected chi connectivity index (χ3v) is 9.77. The van der Waals surface area contributed by atoms with Crippen molar-refractivity contribution >= 4 is 27.4 Å². The summed E-state index contributed by atoms with van der Waals surface area (Å²) in [4.78, 5) is 15.9. The van der Waals surface area contributed by atoms with Gasteiger partial charge >= 0.3 is 5.97 Å². The van der Waals surface area contributed by atoms with Crippen LogP contribution in [-0.2, 0) is 23.0 Å². The number of benzene rings is 3. The van der Waals surface area contributed by atoms with Crippen molar-refractivity contribution in [3.63, 3.8) is 0 Å². The molecule has 11 heteroatoms. The van der Waals surface area contributed by atoms with Crippen LogP contribution in [0.4, 0.5) is 8.78 Å². The van der Waals surface area contributed by atoms with Crippen LogP contribution in [0.1, 0.15) is 45.7 Å². The van der Waals surface area contributed by atoms with Crippen LogP contribution in [-0.4, -0.2) is 36.3 Å². The minimum atomic E-state index is -3.30. The Morgan fingerprint density at radius 1 is 1.07 bits per heavy atom. The summed E-state index contributed by atoms with van der Waals surface area (Å²) in [5, 5.41) is 22.1. The van der Waals surface area contributed by atoms with Crippen molar-refractivity contribution in [3.8, 4) is 27.5 Å². The number of hydrogen-bond donors (Lipinski definition) is 3. The number of aryl methyl sites for hydroxylation is 1. The molecule has 0 atom stereocenters. The van der Waals surface area contributed by atoms with E-state index in [0.717, 1.165) is 35.2 Å². The molecule has 3 aromatic carbocycles. The Bertz CT molecular complexity index is 1910. The van der Waals surface area contributed by atoms with Gasteiger partial charge in [0.25, 0.3) is 0 Å². The van der Waals surface area contributed by atoms with Crippen molar-refractivity contribution in [2.24, 2.45) is 11.1 Å². The van der Waals surface area contributed by atoms with Crippen LogP contribution in [0.15, 0.2) is 70.9 Å². The lowest BCUT2D eigenvalue weighted by Gasteiger charge is -2.15. The van der Waals surface area contributed by atoms with Crippen molar-refractivity contribution in [1.29, 1.82) is 0 Å². The number of aromatic carboxylic acids is 1. The number of carboxylic acids is 1. The first-order valence-electron chi connectivity index (χ1n) is 13.8. The molecule has 1 fully saturated rings. The number of hydrogen-bond acceptors (Lipinski definition) is 5. The molecule has 0 bridgehead atoms. The van der Waals surface area contributed by atoms with Crippen LogP contribution in [0.2, 0.25) is 0 Å². The Balaban J connectivity index is 1.54. The van der Waals surface area contributed by atoms with Crippen LogP contribution in [0.3, 0.4) is 0 Å². The molecule has 2 aromatic heterocycles. The van der Waals surface area contributed by atoms with E-state index < -0.39 is 21.9 Å². The molecule has 0 spiro atoms. The van der Waals surface area contributed by atoms with Gasteiger partial charge in [-0.3, -0.25) is 9.35 Å². The van der Waals surface area contributed by atoms with Gasteiger partial charge < -0.3 is 5.11 Å². The van der Waals surface area contributed by atoms with Gasteiger partial charge in [-0.05, 0) is 83.7 Å². The molecule has 222 valence electrons. The van der Waals surface area contributed by atoms with Gasteiger partial charge in [-0.2, -0.15) is 5.10 Å². The number of carbonyl (C=O) groups is 1. The largest absolute Gasteiger partial charge is 0.476 e. The fourth-order valence-corrected chi connectivity index (χ4v) is 6.81. The minimum absolute atomic E-state index is 0.0179. The third-order valence-electron chi connectivity index (χ3n) is 7.63. The van der Waals surface area contributed by atoms with Crippen molar-refractivity contribution in [2.75, 3.05) is 6.26 Å². The molecule has 43 heavy (non-hydrogen) atoms. The Morgan fingerprint density at radius 2 is 1.79 bits per heavy atom. The second-order valence-electron chi connectivity index (χ2n) is 11.2. The van der Waals surface area contributed by atoms with E-state index in [-0.39, 0.29) is 22.8 Å². The second-order valence-corrected chi connectivity index (χ2v) is 14.5. The average Bonchev–Trinajstić information content (AvgIpc) is 3.51. The quantitative estimate of drug-likeness (QED) is 0.166. The normalized spacial score (nSPS) is 13.8. The predicted molar refractivity (Wildman–Crippen MR) is 165 cm³/mol. The third kappa shape index (κ3) is 6.06. The van der Waals surface area contributed by atoms with E-state index in [1.165, 1.54) is 41.2 Å².